The average molecular weight is 343 g/mol. The largest absolute Gasteiger partial charge is 0.370 e. The van der Waals surface area contributed by atoms with Gasteiger partial charge in [-0.15, -0.1) is 0 Å². The minimum Gasteiger partial charge on any atom is -0.370 e. The molecule has 1 amide bonds. The van der Waals surface area contributed by atoms with Crippen molar-refractivity contribution < 1.29 is 9.18 Å². The fourth-order valence-electron chi connectivity index (χ4n) is 3.10. The lowest BCUT2D eigenvalue weighted by molar-refractivity contribution is -0.116. The van der Waals surface area contributed by atoms with E-state index in [-0.39, 0.29) is 18.0 Å². The summed E-state index contributed by atoms with van der Waals surface area (Å²) in [5.74, 6) is -0.752. The van der Waals surface area contributed by atoms with Gasteiger partial charge in [0.1, 0.15) is 12.4 Å². The summed E-state index contributed by atoms with van der Waals surface area (Å²) < 4.78 is 15.0. The molecular weight excluding hydrogens is 321 g/mol. The number of halogens is 1. The van der Waals surface area contributed by atoms with Gasteiger partial charge in [-0.05, 0) is 56.0 Å². The van der Waals surface area contributed by atoms with E-state index in [0.29, 0.717) is 5.69 Å². The van der Waals surface area contributed by atoms with Gasteiger partial charge in [-0.25, -0.2) is 4.39 Å². The summed E-state index contributed by atoms with van der Waals surface area (Å²) in [5, 5.41) is 2.76. The van der Waals surface area contributed by atoms with Crippen LogP contribution in [0.3, 0.4) is 0 Å². The molecule has 25 heavy (non-hydrogen) atoms. The molecule has 1 N–H and O–H groups in total. The zero-order valence-electron chi connectivity index (χ0n) is 14.3. The minimum atomic E-state index is -0.399. The van der Waals surface area contributed by atoms with Gasteiger partial charge in [-0.1, -0.05) is 0 Å². The number of carbonyl (C=O) groups excluding carboxylic acids is 1. The number of rotatable bonds is 4. The van der Waals surface area contributed by atoms with Crippen molar-refractivity contribution in [3.8, 4) is 0 Å². The van der Waals surface area contributed by atoms with Crippen molar-refractivity contribution in [2.24, 2.45) is 0 Å². The Morgan fingerprint density at radius 3 is 2.64 bits per heavy atom. The number of aryl methyl sites for hydroxylation is 1. The molecule has 1 aromatic heterocycles. The molecule has 132 valence electrons. The quantitative estimate of drug-likeness (QED) is 0.929. The monoisotopic (exact) mass is 343 g/mol. The number of piperidine rings is 1. The molecule has 2 heterocycles. The van der Waals surface area contributed by atoms with Crippen LogP contribution in [-0.4, -0.2) is 23.6 Å². The lowest BCUT2D eigenvalue weighted by atomic mass is 10.1. The zero-order chi connectivity index (χ0) is 17.8. The maximum Gasteiger partial charge on any atom is 0.251 e. The van der Waals surface area contributed by atoms with Crippen LogP contribution >= 0.6 is 0 Å². The predicted octanol–water partition coefficient (Wildman–Crippen LogP) is 2.92. The van der Waals surface area contributed by atoms with E-state index >= 15 is 0 Å². The summed E-state index contributed by atoms with van der Waals surface area (Å²) >= 11 is 0. The van der Waals surface area contributed by atoms with Crippen molar-refractivity contribution in [3.05, 3.63) is 58.3 Å². The predicted molar refractivity (Wildman–Crippen MR) is 96.5 cm³/mol. The van der Waals surface area contributed by atoms with Gasteiger partial charge in [-0.3, -0.25) is 9.59 Å². The Hall–Kier alpha value is -2.63. The average Bonchev–Trinajstić information content (AvgIpc) is 2.58. The second-order valence-corrected chi connectivity index (χ2v) is 6.43. The Balaban J connectivity index is 1.78. The summed E-state index contributed by atoms with van der Waals surface area (Å²) in [4.78, 5) is 26.4. The third kappa shape index (κ3) is 4.26. The third-order valence-corrected chi connectivity index (χ3v) is 4.39. The number of carbonyl (C=O) groups is 1. The smallest absolute Gasteiger partial charge is 0.251 e. The van der Waals surface area contributed by atoms with Crippen LogP contribution in [0.1, 0.15) is 24.8 Å². The molecule has 0 saturated carbocycles. The van der Waals surface area contributed by atoms with Crippen molar-refractivity contribution in [2.75, 3.05) is 23.3 Å². The number of aromatic nitrogens is 1. The van der Waals surface area contributed by atoms with E-state index in [1.54, 1.807) is 18.3 Å². The maximum absolute atomic E-state index is 13.7. The van der Waals surface area contributed by atoms with Crippen molar-refractivity contribution in [3.63, 3.8) is 0 Å². The highest BCUT2D eigenvalue weighted by atomic mass is 19.1. The van der Waals surface area contributed by atoms with Crippen LogP contribution in [-0.2, 0) is 11.3 Å². The van der Waals surface area contributed by atoms with Crippen LogP contribution < -0.4 is 15.8 Å². The molecule has 1 aliphatic heterocycles. The van der Waals surface area contributed by atoms with Gasteiger partial charge in [0.15, 0.2) is 0 Å². The molecule has 6 heteroatoms. The normalized spacial score (nSPS) is 14.4. The van der Waals surface area contributed by atoms with E-state index in [0.717, 1.165) is 37.2 Å². The molecule has 0 aliphatic carbocycles. The first-order valence-corrected chi connectivity index (χ1v) is 8.54. The van der Waals surface area contributed by atoms with Gasteiger partial charge in [0.25, 0.3) is 5.56 Å². The Morgan fingerprint density at radius 1 is 1.16 bits per heavy atom. The van der Waals surface area contributed by atoms with Crippen molar-refractivity contribution in [1.29, 1.82) is 0 Å². The van der Waals surface area contributed by atoms with Gasteiger partial charge in [0.05, 0.1) is 11.4 Å². The number of benzene rings is 1. The molecule has 0 spiro atoms. The molecule has 1 aliphatic rings. The van der Waals surface area contributed by atoms with E-state index in [1.165, 1.54) is 29.2 Å². The van der Waals surface area contributed by atoms with Crippen molar-refractivity contribution in [1.82, 2.24) is 4.57 Å². The summed E-state index contributed by atoms with van der Waals surface area (Å²) in [7, 11) is 0. The van der Waals surface area contributed by atoms with Crippen LogP contribution in [0.15, 0.2) is 41.3 Å². The molecule has 3 rings (SSSR count). The summed E-state index contributed by atoms with van der Waals surface area (Å²) in [6.45, 7) is 3.51. The van der Waals surface area contributed by atoms with Gasteiger partial charge in [-0.2, -0.15) is 0 Å². The molecule has 0 atom stereocenters. The number of pyridine rings is 1. The fraction of sp³-hybridized carbons (Fsp3) is 0.368. The summed E-state index contributed by atoms with van der Waals surface area (Å²) in [5.41, 5.74) is 1.89. The van der Waals surface area contributed by atoms with Gasteiger partial charge >= 0.3 is 0 Å². The van der Waals surface area contributed by atoms with E-state index in [1.807, 2.05) is 6.92 Å². The van der Waals surface area contributed by atoms with Gasteiger partial charge in [0, 0.05) is 25.4 Å². The summed E-state index contributed by atoms with van der Waals surface area (Å²) in [6.07, 6.45) is 4.96. The Bertz CT molecular complexity index is 826. The fourth-order valence-corrected chi connectivity index (χ4v) is 3.10. The molecule has 0 radical (unpaired) electrons. The standard InChI is InChI=1S/C19H22FN3O2/c1-14-7-10-23(19(25)11-14)13-18(24)21-16-12-15(20)5-6-17(16)22-8-3-2-4-9-22/h5-7,10-12H,2-4,8-9,13H2,1H3,(H,21,24). The molecule has 2 aromatic rings. The second-order valence-electron chi connectivity index (χ2n) is 6.43. The van der Waals surface area contributed by atoms with Crippen LogP contribution in [0, 0.1) is 12.7 Å². The third-order valence-electron chi connectivity index (χ3n) is 4.39. The number of hydrogen-bond acceptors (Lipinski definition) is 3. The molecular formula is C19H22FN3O2. The van der Waals surface area contributed by atoms with Gasteiger partial charge < -0.3 is 14.8 Å². The van der Waals surface area contributed by atoms with Gasteiger partial charge in [0.2, 0.25) is 5.91 Å². The summed E-state index contributed by atoms with van der Waals surface area (Å²) in [6, 6.07) is 7.70. The lowest BCUT2D eigenvalue weighted by Crippen LogP contribution is -2.31. The Kier molecular flexibility index (Phi) is 5.16. The molecule has 0 unspecified atom stereocenters. The highest BCUT2D eigenvalue weighted by Crippen LogP contribution is 2.29. The highest BCUT2D eigenvalue weighted by Gasteiger charge is 2.17. The van der Waals surface area contributed by atoms with Crippen LogP contribution in [0.25, 0.3) is 0 Å². The Labute approximate surface area is 146 Å². The van der Waals surface area contributed by atoms with Crippen molar-refractivity contribution >= 4 is 17.3 Å². The highest BCUT2D eigenvalue weighted by molar-refractivity contribution is 5.94. The van der Waals surface area contributed by atoms with Crippen LogP contribution in [0.5, 0.6) is 0 Å². The lowest BCUT2D eigenvalue weighted by Gasteiger charge is -2.30. The zero-order valence-corrected chi connectivity index (χ0v) is 14.3. The number of nitrogens with zero attached hydrogens (tertiary/aromatic N) is 2. The Morgan fingerprint density at radius 2 is 1.92 bits per heavy atom. The maximum atomic E-state index is 13.7. The molecule has 1 aromatic carbocycles. The van der Waals surface area contributed by atoms with E-state index in [9.17, 15) is 14.0 Å². The first kappa shape index (κ1) is 17.2. The number of anilines is 2. The number of nitrogens with one attached hydrogen (secondary N) is 1. The number of amides is 1. The van der Waals surface area contributed by atoms with Crippen molar-refractivity contribution in [2.45, 2.75) is 32.7 Å². The van der Waals surface area contributed by atoms with Crippen LogP contribution in [0.4, 0.5) is 15.8 Å². The van der Waals surface area contributed by atoms with E-state index in [2.05, 4.69) is 10.2 Å². The minimum absolute atomic E-state index is 0.102. The first-order valence-electron chi connectivity index (χ1n) is 8.54. The molecule has 0 bridgehead atoms. The second kappa shape index (κ2) is 7.51. The SMILES string of the molecule is Cc1ccn(CC(=O)Nc2cc(F)ccc2N2CCCCC2)c(=O)c1. The molecule has 1 fully saturated rings. The number of hydrogen-bond donors (Lipinski definition) is 1. The van der Waals surface area contributed by atoms with E-state index in [4.69, 9.17) is 0 Å². The van der Waals surface area contributed by atoms with E-state index < -0.39 is 5.82 Å². The van der Waals surface area contributed by atoms with Crippen LogP contribution in [0.2, 0.25) is 0 Å². The molecule has 5 nitrogen and oxygen atoms in total. The molecule has 1 saturated heterocycles. The first-order chi connectivity index (χ1) is 12.0. The topological polar surface area (TPSA) is 54.3 Å².